The van der Waals surface area contributed by atoms with Crippen LogP contribution in [-0.2, 0) is 68.7 Å². The first-order chi connectivity index (χ1) is 46.5. The van der Waals surface area contributed by atoms with Gasteiger partial charge in [-0.3, -0.25) is 0 Å². The van der Waals surface area contributed by atoms with Gasteiger partial charge in [-0.1, -0.05) is 92.4 Å². The second-order valence-electron chi connectivity index (χ2n) is 24.7. The minimum absolute atomic E-state index is 0. The molecular weight excluding hydrogens is 1390 g/mol. The zero-order valence-electron chi connectivity index (χ0n) is 54.6. The fourth-order valence-electron chi connectivity index (χ4n) is 12.1. The molecule has 7 aromatic carbocycles. The molecule has 538 valence electrons. The molecule has 1 aliphatic carbocycles. The minimum Gasteiger partial charge on any atom is -0.396 e. The van der Waals surface area contributed by atoms with E-state index in [2.05, 4.69) is 106 Å². The van der Waals surface area contributed by atoms with Gasteiger partial charge in [0.1, 0.15) is 0 Å². The third-order valence-corrected chi connectivity index (χ3v) is 27.5. The van der Waals surface area contributed by atoms with E-state index in [1.807, 2.05) is 91.9 Å². The van der Waals surface area contributed by atoms with Gasteiger partial charge < -0.3 is 28.8 Å². The van der Waals surface area contributed by atoms with Crippen molar-refractivity contribution < 1.29 is 90.9 Å². The van der Waals surface area contributed by atoms with Gasteiger partial charge in [0.25, 0.3) is 0 Å². The maximum absolute atomic E-state index is 13.3. The molecule has 22 heteroatoms. The summed E-state index contributed by atoms with van der Waals surface area (Å²) in [6.07, 6.45) is -8.92. The summed E-state index contributed by atoms with van der Waals surface area (Å²) in [4.78, 5) is 0. The molecule has 3 aliphatic rings. The molecule has 7 aromatic rings. The Balaban J connectivity index is 0.000000209. The van der Waals surface area contributed by atoms with E-state index in [0.717, 1.165) is 49.8 Å². The third kappa shape index (κ3) is 21.7. The monoisotopic (exact) mass is 1480 g/mol. The van der Waals surface area contributed by atoms with Crippen LogP contribution in [0.5, 0.6) is 0 Å². The van der Waals surface area contributed by atoms with Gasteiger partial charge in [-0.05, 0) is 105 Å². The fraction of sp³-hybridized carbons (Fsp3) is 0.403. The van der Waals surface area contributed by atoms with Gasteiger partial charge in [-0.25, -0.2) is 0 Å². The minimum atomic E-state index is -4.92. The van der Waals surface area contributed by atoms with Crippen LogP contribution in [0.3, 0.4) is 0 Å². The molecule has 1 unspecified atom stereocenters. The summed E-state index contributed by atoms with van der Waals surface area (Å²) >= 11 is 4.46. The van der Waals surface area contributed by atoms with Crippen LogP contribution in [0.4, 0.5) is 52.7 Å². The van der Waals surface area contributed by atoms with Crippen molar-refractivity contribution in [1.82, 2.24) is 0 Å². The summed E-state index contributed by atoms with van der Waals surface area (Å²) in [7, 11) is 0. The smallest absolute Gasteiger partial charge is 0.396 e. The van der Waals surface area contributed by atoms with Gasteiger partial charge in [0.05, 0.1) is 67.0 Å². The summed E-state index contributed by atoms with van der Waals surface area (Å²) in [5, 5.41) is 10.2. The quantitative estimate of drug-likeness (QED) is 0.0294. The first kappa shape index (κ1) is 80.1. The van der Waals surface area contributed by atoms with Crippen LogP contribution in [0.1, 0.15) is 130 Å². The van der Waals surface area contributed by atoms with Crippen LogP contribution in [0.25, 0.3) is 0 Å². The molecule has 0 bridgehead atoms. The van der Waals surface area contributed by atoms with Crippen molar-refractivity contribution in [2.24, 2.45) is 0 Å². The normalized spacial score (nSPS) is 19.0. The number of ether oxygens (including phenoxy) is 7. The standard InChI is InChI=1S/2C26H28F6O3.C24H26BrO2P.CH4/c1-18(19-14-21(25(27,28)29)16-22(15-19)26(30,31)32)35-17-24(2,20-8-4-3-5-9-20)11-6-10-23-33-12-7-13-34-23;1-18(19-13-21(25(27,28)29)15-22(14-19)26(30,31)32)35-17-24(20-7-3-2-4-8-20)10-5-9-23(16-24)34-12-6-11-33;25-28(21-11-4-1-5-12-21,22-13-6-2-7-14-22,23-15-8-3-9-16-23)20-17-24-26-18-10-19-27-24;/h3-6,8-9,11,14-16,18,23H,7,10,12-13,17H2,1-2H3;2-5,7-8,10,13-15,18,23,33H,6,9,11-12,16-17H2,1H3;1-9,11-16,24H,10,17-20H2;1H4/b11-6-;;;/t18-,24+;18-,23?,24-;;/m11../s1. The fourth-order valence-corrected chi connectivity index (χ4v) is 19.6. The van der Waals surface area contributed by atoms with E-state index < -0.39 is 75.3 Å². The Bertz CT molecular complexity index is 3450. The first-order valence-corrected chi connectivity index (χ1v) is 36.9. The molecule has 0 aromatic heterocycles. The number of hydrogen-bond donors (Lipinski definition) is 1. The first-order valence-electron chi connectivity index (χ1n) is 32.4. The molecule has 99 heavy (non-hydrogen) atoms. The molecule has 0 amide bonds. The number of benzene rings is 7. The van der Waals surface area contributed by atoms with Crippen LogP contribution in [0.2, 0.25) is 0 Å². The second-order valence-corrected chi connectivity index (χ2v) is 33.8. The van der Waals surface area contributed by atoms with Gasteiger partial charge >= 0.3 is 200 Å². The molecule has 1 N–H and O–H groups in total. The Kier molecular flexibility index (Phi) is 28.8. The maximum Gasteiger partial charge on any atom is 0.416 e. The molecule has 2 aliphatic heterocycles. The van der Waals surface area contributed by atoms with Gasteiger partial charge in [0.15, 0.2) is 6.29 Å². The third-order valence-electron chi connectivity index (χ3n) is 17.5. The van der Waals surface area contributed by atoms with E-state index in [1.54, 1.807) is 0 Å². The summed E-state index contributed by atoms with van der Waals surface area (Å²) in [5.41, 5.74) is -5.46. The number of alkyl halides is 12. The summed E-state index contributed by atoms with van der Waals surface area (Å²) in [6, 6.07) is 54.3. The molecule has 5 atom stereocenters. The van der Waals surface area contributed by atoms with Gasteiger partial charge in [-0.2, -0.15) is 52.7 Å². The predicted molar refractivity (Wildman–Crippen MR) is 368 cm³/mol. The van der Waals surface area contributed by atoms with Crippen molar-refractivity contribution in [2.45, 2.75) is 140 Å². The Labute approximate surface area is 580 Å². The Morgan fingerprint density at radius 1 is 0.556 bits per heavy atom. The van der Waals surface area contributed by atoms with Crippen LogP contribution in [0.15, 0.2) is 212 Å². The molecule has 2 saturated heterocycles. The summed E-state index contributed by atoms with van der Waals surface area (Å²) in [5.74, 6) is 0. The van der Waals surface area contributed by atoms with Crippen molar-refractivity contribution >= 4 is 36.7 Å². The molecule has 0 spiro atoms. The van der Waals surface area contributed by atoms with E-state index in [0.29, 0.717) is 69.8 Å². The van der Waals surface area contributed by atoms with E-state index in [-0.39, 0.29) is 69.2 Å². The number of rotatable bonds is 23. The number of hydrogen-bond acceptors (Lipinski definition) is 8. The van der Waals surface area contributed by atoms with Gasteiger partial charge in [0.2, 0.25) is 0 Å². The Morgan fingerprint density at radius 2 is 0.960 bits per heavy atom. The van der Waals surface area contributed by atoms with E-state index in [9.17, 15) is 52.7 Å². The van der Waals surface area contributed by atoms with Crippen molar-refractivity contribution in [3.63, 3.8) is 0 Å². The average molecular weight is 1480 g/mol. The van der Waals surface area contributed by atoms with Crippen molar-refractivity contribution in [1.29, 1.82) is 0 Å². The Hall–Kier alpha value is -6.23. The average Bonchev–Trinajstić information content (AvgIpc) is 0.708. The summed E-state index contributed by atoms with van der Waals surface area (Å²) < 4.78 is 200. The number of aliphatic hydroxyl groups is 1. The van der Waals surface area contributed by atoms with Crippen LogP contribution >= 0.6 is 20.8 Å². The second kappa shape index (κ2) is 35.6. The summed E-state index contributed by atoms with van der Waals surface area (Å²) in [6.45, 7) is 8.01. The Morgan fingerprint density at radius 3 is 1.38 bits per heavy atom. The SMILES string of the molecule is BrP(CCC1OCCCO1)(c1ccccc1)(c1ccccc1)c1ccccc1.C.C[C@@H](OC[C@@]1(c2ccccc2)C=CCC(OCCCO)C1)c1cc(C(F)(F)F)cc(C(F)(F)F)c1.C[C@@H](OC[C@](C)(/C=C\CC1OCCCO1)c1ccccc1)c1cc(C(F)(F)F)cc(C(F)(F)F)c1. The number of halogens is 13. The maximum atomic E-state index is 13.3. The largest absolute Gasteiger partial charge is 0.416 e. The zero-order valence-corrected chi connectivity index (χ0v) is 57.1. The van der Waals surface area contributed by atoms with Crippen molar-refractivity contribution in [3.8, 4) is 0 Å². The zero-order chi connectivity index (χ0) is 70.7. The molecule has 0 radical (unpaired) electrons. The van der Waals surface area contributed by atoms with Gasteiger partial charge in [0, 0.05) is 30.5 Å². The van der Waals surface area contributed by atoms with Crippen LogP contribution < -0.4 is 15.9 Å². The number of aliphatic hydroxyl groups excluding tert-OH is 1. The predicted octanol–water partition coefficient (Wildman–Crippen LogP) is 19.9. The van der Waals surface area contributed by atoms with E-state index in [4.69, 9.17) is 38.3 Å². The molecule has 2 heterocycles. The van der Waals surface area contributed by atoms with Crippen molar-refractivity contribution in [3.05, 3.63) is 257 Å². The van der Waals surface area contributed by atoms with Gasteiger partial charge in [-0.15, -0.1) is 0 Å². The molecule has 8 nitrogen and oxygen atoms in total. The molecular formula is C77H86BrF12O8P. The van der Waals surface area contributed by atoms with Crippen LogP contribution in [-0.4, -0.2) is 82.8 Å². The topological polar surface area (TPSA) is 84.8 Å². The van der Waals surface area contributed by atoms with E-state index >= 15 is 0 Å². The van der Waals surface area contributed by atoms with Crippen LogP contribution in [0, 0.1) is 0 Å². The van der Waals surface area contributed by atoms with E-state index in [1.165, 1.54) is 29.8 Å². The van der Waals surface area contributed by atoms with Crippen molar-refractivity contribution in [2.75, 3.05) is 59.0 Å². The molecule has 10 rings (SSSR count). The molecule has 0 saturated carbocycles. The molecule has 2 fully saturated rings.